The Kier molecular flexibility index (Phi) is 2.24. The summed E-state index contributed by atoms with van der Waals surface area (Å²) in [5.74, 6) is -0.756. The van der Waals surface area contributed by atoms with Crippen LogP contribution in [-0.4, -0.2) is 32.1 Å². The number of carboxylic acids is 1. The Labute approximate surface area is 84.9 Å². The van der Waals surface area contributed by atoms with Gasteiger partial charge < -0.3 is 14.8 Å². The number of aromatic nitrogens is 3. The third-order valence-electron chi connectivity index (χ3n) is 1.95. The van der Waals surface area contributed by atoms with Crippen LogP contribution in [0, 0.1) is 0 Å². The van der Waals surface area contributed by atoms with E-state index in [0.29, 0.717) is 11.0 Å². The Balaban J connectivity index is 2.35. The fourth-order valence-electron chi connectivity index (χ4n) is 1.16. The van der Waals surface area contributed by atoms with Gasteiger partial charge in [0.25, 0.3) is 0 Å². The van der Waals surface area contributed by atoms with Gasteiger partial charge in [-0.15, -0.1) is 0 Å². The van der Waals surface area contributed by atoms with Crippen molar-refractivity contribution in [2.75, 3.05) is 0 Å². The van der Waals surface area contributed by atoms with Gasteiger partial charge in [-0.05, 0) is 13.0 Å². The quantitative estimate of drug-likeness (QED) is 0.777. The van der Waals surface area contributed by atoms with Crippen LogP contribution in [0.15, 0.2) is 18.6 Å². The van der Waals surface area contributed by atoms with E-state index in [1.54, 1.807) is 12.3 Å². The fraction of sp³-hybridized carbons (Fsp3) is 0.222. The van der Waals surface area contributed by atoms with Gasteiger partial charge in [0.1, 0.15) is 12.0 Å². The topological polar surface area (TPSA) is 88.1 Å². The average Bonchev–Trinajstić information content (AvgIpc) is 2.66. The number of ether oxygens (including phenoxy) is 1. The maximum atomic E-state index is 10.6. The van der Waals surface area contributed by atoms with Gasteiger partial charge in [-0.25, -0.2) is 14.8 Å². The van der Waals surface area contributed by atoms with Gasteiger partial charge in [0, 0.05) is 6.20 Å². The summed E-state index contributed by atoms with van der Waals surface area (Å²) in [6.07, 6.45) is 2.08. The van der Waals surface area contributed by atoms with Gasteiger partial charge >= 0.3 is 5.97 Å². The molecule has 2 heterocycles. The Bertz CT molecular complexity index is 494. The molecular formula is C9H9N3O3. The molecule has 0 bridgehead atoms. The van der Waals surface area contributed by atoms with Gasteiger partial charge in [-0.3, -0.25) is 0 Å². The van der Waals surface area contributed by atoms with Crippen LogP contribution in [0.3, 0.4) is 0 Å². The number of hydrogen-bond donors (Lipinski definition) is 2. The van der Waals surface area contributed by atoms with Crippen molar-refractivity contribution in [1.82, 2.24) is 15.0 Å². The number of aliphatic carboxylic acids is 1. The molecule has 6 nitrogen and oxygen atoms in total. The molecule has 15 heavy (non-hydrogen) atoms. The third-order valence-corrected chi connectivity index (χ3v) is 1.95. The summed E-state index contributed by atoms with van der Waals surface area (Å²) >= 11 is 0. The first kappa shape index (κ1) is 9.45. The molecule has 0 aliphatic heterocycles. The molecule has 0 aliphatic rings. The maximum Gasteiger partial charge on any atom is 0.344 e. The van der Waals surface area contributed by atoms with Crippen molar-refractivity contribution in [2.24, 2.45) is 0 Å². The lowest BCUT2D eigenvalue weighted by Gasteiger charge is -2.09. The van der Waals surface area contributed by atoms with Gasteiger partial charge in [-0.2, -0.15) is 0 Å². The molecule has 1 unspecified atom stereocenters. The van der Waals surface area contributed by atoms with E-state index in [2.05, 4.69) is 15.0 Å². The number of nitrogens with one attached hydrogen (secondary N) is 1. The molecule has 0 spiro atoms. The van der Waals surface area contributed by atoms with E-state index in [0.717, 1.165) is 0 Å². The highest BCUT2D eigenvalue weighted by Crippen LogP contribution is 2.20. The molecule has 0 radical (unpaired) electrons. The van der Waals surface area contributed by atoms with Crippen molar-refractivity contribution in [1.29, 1.82) is 0 Å². The monoisotopic (exact) mass is 207 g/mol. The summed E-state index contributed by atoms with van der Waals surface area (Å²) in [6, 6.07) is 1.74. The molecule has 6 heteroatoms. The third kappa shape index (κ3) is 1.74. The molecule has 0 saturated heterocycles. The zero-order valence-corrected chi connectivity index (χ0v) is 7.97. The number of rotatable bonds is 3. The van der Waals surface area contributed by atoms with Crippen LogP contribution < -0.4 is 4.74 Å². The van der Waals surface area contributed by atoms with Crippen LogP contribution in [0.2, 0.25) is 0 Å². The Hall–Kier alpha value is -2.11. The van der Waals surface area contributed by atoms with Gasteiger partial charge in [-0.1, -0.05) is 0 Å². The largest absolute Gasteiger partial charge is 0.479 e. The summed E-state index contributed by atoms with van der Waals surface area (Å²) in [5, 5.41) is 9.36. The molecule has 0 fully saturated rings. The van der Waals surface area contributed by atoms with E-state index in [9.17, 15) is 4.79 Å². The van der Waals surface area contributed by atoms with E-state index in [4.69, 9.17) is 9.84 Å². The standard InChI is InChI=1S/C9H9N3O3/c1-5(9(13)14)15-8-6-2-3-10-7(6)11-4-12-8/h2-5H,1H3,(H,13,14)(H,10,11,12). The maximum absolute atomic E-state index is 10.6. The molecule has 78 valence electrons. The van der Waals surface area contributed by atoms with Crippen LogP contribution in [0.4, 0.5) is 0 Å². The first-order valence-corrected chi connectivity index (χ1v) is 4.36. The number of hydrogen-bond acceptors (Lipinski definition) is 4. The molecular weight excluding hydrogens is 198 g/mol. The van der Waals surface area contributed by atoms with Crippen LogP contribution in [-0.2, 0) is 4.79 Å². The van der Waals surface area contributed by atoms with Crippen molar-refractivity contribution in [3.05, 3.63) is 18.6 Å². The lowest BCUT2D eigenvalue weighted by molar-refractivity contribution is -0.144. The van der Waals surface area contributed by atoms with Gasteiger partial charge in [0.2, 0.25) is 5.88 Å². The summed E-state index contributed by atoms with van der Waals surface area (Å²) < 4.78 is 5.18. The first-order chi connectivity index (χ1) is 7.18. The van der Waals surface area contributed by atoms with Crippen molar-refractivity contribution in [3.63, 3.8) is 0 Å². The predicted molar refractivity (Wildman–Crippen MR) is 51.6 cm³/mol. The Morgan fingerprint density at radius 2 is 2.40 bits per heavy atom. The Morgan fingerprint density at radius 1 is 1.60 bits per heavy atom. The highest BCUT2D eigenvalue weighted by Gasteiger charge is 2.15. The number of aromatic amines is 1. The zero-order valence-electron chi connectivity index (χ0n) is 7.97. The summed E-state index contributed by atoms with van der Waals surface area (Å²) in [7, 11) is 0. The fourth-order valence-corrected chi connectivity index (χ4v) is 1.16. The summed E-state index contributed by atoms with van der Waals surface area (Å²) in [6.45, 7) is 1.45. The predicted octanol–water partition coefficient (Wildman–Crippen LogP) is 0.810. The smallest absolute Gasteiger partial charge is 0.344 e. The average molecular weight is 207 g/mol. The van der Waals surface area contributed by atoms with Crippen molar-refractivity contribution < 1.29 is 14.6 Å². The molecule has 2 aromatic heterocycles. The molecule has 2 aromatic rings. The number of H-pyrrole nitrogens is 1. The number of nitrogens with zero attached hydrogens (tertiary/aromatic N) is 2. The minimum absolute atomic E-state index is 0.274. The molecule has 1 atom stereocenters. The van der Waals surface area contributed by atoms with Gasteiger partial charge in [0.05, 0.1) is 5.39 Å². The van der Waals surface area contributed by atoms with E-state index >= 15 is 0 Å². The highest BCUT2D eigenvalue weighted by atomic mass is 16.5. The minimum atomic E-state index is -1.03. The molecule has 2 N–H and O–H groups in total. The highest BCUT2D eigenvalue weighted by molar-refractivity contribution is 5.81. The minimum Gasteiger partial charge on any atom is -0.479 e. The number of fused-ring (bicyclic) bond motifs is 1. The summed E-state index contributed by atoms with van der Waals surface area (Å²) in [5.41, 5.74) is 0.623. The number of carboxylic acid groups (broad SMARTS) is 1. The van der Waals surface area contributed by atoms with Crippen molar-refractivity contribution in [3.8, 4) is 5.88 Å². The van der Waals surface area contributed by atoms with Crippen LogP contribution in [0.25, 0.3) is 11.0 Å². The second-order valence-electron chi connectivity index (χ2n) is 3.02. The van der Waals surface area contributed by atoms with Crippen molar-refractivity contribution >= 4 is 17.0 Å². The lowest BCUT2D eigenvalue weighted by atomic mass is 10.4. The lowest BCUT2D eigenvalue weighted by Crippen LogP contribution is -2.23. The SMILES string of the molecule is CC(Oc1ncnc2[nH]ccc12)C(=O)O. The van der Waals surface area contributed by atoms with Crippen molar-refractivity contribution in [2.45, 2.75) is 13.0 Å². The van der Waals surface area contributed by atoms with Crippen LogP contribution >= 0.6 is 0 Å². The molecule has 0 aliphatic carbocycles. The normalized spacial score (nSPS) is 12.6. The first-order valence-electron chi connectivity index (χ1n) is 4.36. The van der Waals surface area contributed by atoms with E-state index in [1.165, 1.54) is 13.3 Å². The second-order valence-corrected chi connectivity index (χ2v) is 3.02. The van der Waals surface area contributed by atoms with E-state index in [-0.39, 0.29) is 5.88 Å². The van der Waals surface area contributed by atoms with Crippen LogP contribution in [0.5, 0.6) is 5.88 Å². The van der Waals surface area contributed by atoms with E-state index in [1.807, 2.05) is 0 Å². The zero-order chi connectivity index (χ0) is 10.8. The summed E-state index contributed by atoms with van der Waals surface area (Å²) in [4.78, 5) is 21.3. The number of carbonyl (C=O) groups is 1. The molecule has 2 rings (SSSR count). The van der Waals surface area contributed by atoms with Crippen LogP contribution in [0.1, 0.15) is 6.92 Å². The molecule has 0 aromatic carbocycles. The Morgan fingerprint density at radius 3 is 3.13 bits per heavy atom. The molecule has 0 amide bonds. The molecule has 0 saturated carbocycles. The van der Waals surface area contributed by atoms with E-state index < -0.39 is 12.1 Å². The van der Waals surface area contributed by atoms with Gasteiger partial charge in [0.15, 0.2) is 6.10 Å². The second kappa shape index (κ2) is 3.56.